The molecular formula is C23H27NO5. The van der Waals surface area contributed by atoms with Crippen LogP contribution in [0.15, 0.2) is 48.5 Å². The third-order valence-corrected chi connectivity index (χ3v) is 4.76. The van der Waals surface area contributed by atoms with Crippen LogP contribution in [-0.4, -0.2) is 41.5 Å². The van der Waals surface area contributed by atoms with Gasteiger partial charge in [-0.05, 0) is 49.9 Å². The lowest BCUT2D eigenvalue weighted by molar-refractivity contribution is -0.160. The van der Waals surface area contributed by atoms with Gasteiger partial charge in [0, 0.05) is 5.92 Å². The number of fused-ring (bicyclic) bond motifs is 3. The van der Waals surface area contributed by atoms with Crippen molar-refractivity contribution in [1.82, 2.24) is 5.32 Å². The molecule has 3 rings (SSSR count). The maximum absolute atomic E-state index is 12.4. The number of amides is 1. The first-order chi connectivity index (χ1) is 13.7. The number of aliphatic hydroxyl groups is 1. The number of ether oxygens (including phenoxy) is 2. The van der Waals surface area contributed by atoms with Crippen molar-refractivity contribution in [2.45, 2.75) is 51.4 Å². The second kappa shape index (κ2) is 8.25. The fourth-order valence-electron chi connectivity index (χ4n) is 3.51. The average molecular weight is 397 g/mol. The summed E-state index contributed by atoms with van der Waals surface area (Å²) in [7, 11) is 0. The van der Waals surface area contributed by atoms with Gasteiger partial charge in [0.2, 0.25) is 0 Å². The summed E-state index contributed by atoms with van der Waals surface area (Å²) in [5.41, 5.74) is 3.73. The second-order valence-electron chi connectivity index (χ2n) is 8.22. The van der Waals surface area contributed by atoms with Gasteiger partial charge in [0.15, 0.2) is 6.04 Å². The monoisotopic (exact) mass is 397 g/mol. The number of esters is 1. The molecule has 2 atom stereocenters. The van der Waals surface area contributed by atoms with Gasteiger partial charge in [-0.2, -0.15) is 0 Å². The summed E-state index contributed by atoms with van der Waals surface area (Å²) in [5.74, 6) is -0.791. The molecule has 0 saturated heterocycles. The Labute approximate surface area is 170 Å². The molecule has 2 aromatic carbocycles. The summed E-state index contributed by atoms with van der Waals surface area (Å²) in [6.07, 6.45) is -1.89. The van der Waals surface area contributed by atoms with E-state index in [9.17, 15) is 14.7 Å². The lowest BCUT2D eigenvalue weighted by Gasteiger charge is -2.26. The molecule has 0 radical (unpaired) electrons. The van der Waals surface area contributed by atoms with Crippen molar-refractivity contribution in [1.29, 1.82) is 0 Å². The predicted molar refractivity (Wildman–Crippen MR) is 110 cm³/mol. The van der Waals surface area contributed by atoms with E-state index in [1.165, 1.54) is 6.92 Å². The van der Waals surface area contributed by atoms with Crippen LogP contribution in [0, 0.1) is 0 Å². The highest BCUT2D eigenvalue weighted by molar-refractivity contribution is 5.82. The lowest BCUT2D eigenvalue weighted by atomic mass is 9.98. The van der Waals surface area contributed by atoms with Crippen LogP contribution in [0.1, 0.15) is 44.7 Å². The Hall–Kier alpha value is -2.86. The predicted octanol–water partition coefficient (Wildman–Crippen LogP) is 3.62. The zero-order valence-corrected chi connectivity index (χ0v) is 17.1. The third kappa shape index (κ3) is 4.77. The van der Waals surface area contributed by atoms with Crippen molar-refractivity contribution in [2.24, 2.45) is 0 Å². The van der Waals surface area contributed by atoms with Gasteiger partial charge in [-0.1, -0.05) is 48.5 Å². The molecule has 154 valence electrons. The van der Waals surface area contributed by atoms with Crippen molar-refractivity contribution in [2.75, 3.05) is 6.61 Å². The van der Waals surface area contributed by atoms with Crippen molar-refractivity contribution in [3.8, 4) is 11.1 Å². The minimum atomic E-state index is -1.20. The van der Waals surface area contributed by atoms with Gasteiger partial charge in [-0.3, -0.25) is 0 Å². The van der Waals surface area contributed by atoms with Gasteiger partial charge >= 0.3 is 12.1 Å². The molecular weight excluding hydrogens is 370 g/mol. The highest BCUT2D eigenvalue weighted by Crippen LogP contribution is 2.44. The van der Waals surface area contributed by atoms with Crippen molar-refractivity contribution in [3.63, 3.8) is 0 Å². The minimum absolute atomic E-state index is 0.0836. The SMILES string of the molecule is CC(O)[C@@H](NC(=O)OCC1c2ccccc2-c2ccccc21)C(=O)OC(C)(C)C. The van der Waals surface area contributed by atoms with Gasteiger partial charge in [0.1, 0.15) is 12.2 Å². The van der Waals surface area contributed by atoms with E-state index in [2.05, 4.69) is 17.4 Å². The molecule has 0 aromatic heterocycles. The Morgan fingerprint density at radius 1 is 1.03 bits per heavy atom. The quantitative estimate of drug-likeness (QED) is 0.753. The van der Waals surface area contributed by atoms with Crippen molar-refractivity contribution < 1.29 is 24.2 Å². The highest BCUT2D eigenvalue weighted by Gasteiger charge is 2.32. The van der Waals surface area contributed by atoms with E-state index in [1.807, 2.05) is 36.4 Å². The fraction of sp³-hybridized carbons (Fsp3) is 0.391. The normalized spacial score (nSPS) is 15.1. The van der Waals surface area contributed by atoms with Crippen LogP contribution in [0.4, 0.5) is 4.79 Å². The number of nitrogens with one attached hydrogen (secondary N) is 1. The van der Waals surface area contributed by atoms with Crippen molar-refractivity contribution >= 4 is 12.1 Å². The molecule has 0 bridgehead atoms. The van der Waals surface area contributed by atoms with Crippen LogP contribution in [0.5, 0.6) is 0 Å². The molecule has 0 heterocycles. The van der Waals surface area contributed by atoms with E-state index in [-0.39, 0.29) is 12.5 Å². The van der Waals surface area contributed by atoms with Crippen LogP contribution in [0.25, 0.3) is 11.1 Å². The third-order valence-electron chi connectivity index (χ3n) is 4.76. The molecule has 2 aromatic rings. The van der Waals surface area contributed by atoms with Crippen LogP contribution in [0.3, 0.4) is 0 Å². The average Bonchev–Trinajstić information content (AvgIpc) is 2.96. The smallest absolute Gasteiger partial charge is 0.407 e. The number of hydrogen-bond acceptors (Lipinski definition) is 5. The van der Waals surface area contributed by atoms with E-state index in [0.717, 1.165) is 22.3 Å². The molecule has 29 heavy (non-hydrogen) atoms. The molecule has 1 amide bonds. The maximum atomic E-state index is 12.4. The van der Waals surface area contributed by atoms with Gasteiger partial charge in [-0.15, -0.1) is 0 Å². The summed E-state index contributed by atoms with van der Waals surface area (Å²) in [6, 6.07) is 14.9. The summed E-state index contributed by atoms with van der Waals surface area (Å²) in [4.78, 5) is 24.6. The van der Waals surface area contributed by atoms with Gasteiger partial charge < -0.3 is 19.9 Å². The topological polar surface area (TPSA) is 84.9 Å². The second-order valence-corrected chi connectivity index (χ2v) is 8.22. The molecule has 6 heteroatoms. The molecule has 6 nitrogen and oxygen atoms in total. The van der Waals surface area contributed by atoms with Gasteiger partial charge in [0.25, 0.3) is 0 Å². The van der Waals surface area contributed by atoms with Gasteiger partial charge in [0.05, 0.1) is 6.10 Å². The molecule has 0 spiro atoms. The maximum Gasteiger partial charge on any atom is 0.407 e. The highest BCUT2D eigenvalue weighted by atomic mass is 16.6. The Morgan fingerprint density at radius 3 is 2.03 bits per heavy atom. The van der Waals surface area contributed by atoms with E-state index < -0.39 is 29.8 Å². The number of carbonyl (C=O) groups excluding carboxylic acids is 2. The Morgan fingerprint density at radius 2 is 1.55 bits per heavy atom. The standard InChI is InChI=1S/C23H27NO5/c1-14(25)20(21(26)29-23(2,3)4)24-22(27)28-13-19-17-11-7-5-9-15(17)16-10-6-8-12-18(16)19/h5-12,14,19-20,25H,13H2,1-4H3,(H,24,27)/t14?,20-/m1/s1. The number of benzene rings is 2. The molecule has 0 fully saturated rings. The molecule has 1 aliphatic rings. The molecule has 0 aliphatic heterocycles. The first kappa shape index (κ1) is 20.9. The number of carbonyl (C=O) groups is 2. The van der Waals surface area contributed by atoms with Crippen molar-refractivity contribution in [3.05, 3.63) is 59.7 Å². The number of alkyl carbamates (subject to hydrolysis) is 1. The van der Waals surface area contributed by atoms with Crippen LogP contribution in [-0.2, 0) is 14.3 Å². The zero-order chi connectivity index (χ0) is 21.2. The number of hydrogen-bond donors (Lipinski definition) is 2. The Bertz CT molecular complexity index is 855. The van der Waals surface area contributed by atoms with Crippen LogP contribution >= 0.6 is 0 Å². The van der Waals surface area contributed by atoms with Crippen LogP contribution in [0.2, 0.25) is 0 Å². The van der Waals surface area contributed by atoms with E-state index in [0.29, 0.717) is 0 Å². The lowest BCUT2D eigenvalue weighted by Crippen LogP contribution is -2.50. The first-order valence-corrected chi connectivity index (χ1v) is 9.70. The summed E-state index contributed by atoms with van der Waals surface area (Å²) in [5, 5.41) is 12.3. The van der Waals surface area contributed by atoms with E-state index in [4.69, 9.17) is 9.47 Å². The van der Waals surface area contributed by atoms with Crippen LogP contribution < -0.4 is 5.32 Å². The minimum Gasteiger partial charge on any atom is -0.458 e. The fourth-order valence-corrected chi connectivity index (χ4v) is 3.51. The molecule has 1 unspecified atom stereocenters. The largest absolute Gasteiger partial charge is 0.458 e. The summed E-state index contributed by atoms with van der Waals surface area (Å²) < 4.78 is 10.7. The molecule has 2 N–H and O–H groups in total. The zero-order valence-electron chi connectivity index (χ0n) is 17.1. The summed E-state index contributed by atoms with van der Waals surface area (Å²) in [6.45, 7) is 6.70. The Balaban J connectivity index is 1.68. The number of rotatable bonds is 5. The first-order valence-electron chi connectivity index (χ1n) is 9.70. The van der Waals surface area contributed by atoms with E-state index >= 15 is 0 Å². The van der Waals surface area contributed by atoms with E-state index in [1.54, 1.807) is 20.8 Å². The van der Waals surface area contributed by atoms with Gasteiger partial charge in [-0.25, -0.2) is 9.59 Å². The number of aliphatic hydroxyl groups excluding tert-OH is 1. The Kier molecular flexibility index (Phi) is 5.94. The summed E-state index contributed by atoms with van der Waals surface area (Å²) >= 11 is 0. The molecule has 0 saturated carbocycles. The molecule has 1 aliphatic carbocycles.